The number of nitrogens with zero attached hydrogens (tertiary/aromatic N) is 1. The van der Waals surface area contributed by atoms with Gasteiger partial charge in [-0.15, -0.1) is 0 Å². The Kier molecular flexibility index (Phi) is 9.09. The van der Waals surface area contributed by atoms with Gasteiger partial charge in [0.05, 0.1) is 11.5 Å². The Morgan fingerprint density at radius 2 is 0.967 bits per heavy atom. The molecule has 0 saturated carbocycles. The van der Waals surface area contributed by atoms with E-state index in [0.29, 0.717) is 0 Å². The lowest BCUT2D eigenvalue weighted by Gasteiger charge is -2.44. The van der Waals surface area contributed by atoms with Crippen LogP contribution in [0.2, 0.25) is 0 Å². The molecule has 3 aliphatic rings. The van der Waals surface area contributed by atoms with E-state index in [9.17, 15) is 0 Å². The van der Waals surface area contributed by atoms with Crippen molar-refractivity contribution in [1.82, 2.24) is 0 Å². The van der Waals surface area contributed by atoms with Gasteiger partial charge in [-0.1, -0.05) is 225 Å². The van der Waals surface area contributed by atoms with E-state index in [4.69, 9.17) is 0 Å². The Morgan fingerprint density at radius 1 is 0.417 bits per heavy atom. The van der Waals surface area contributed by atoms with Crippen molar-refractivity contribution >= 4 is 17.5 Å². The van der Waals surface area contributed by atoms with Crippen LogP contribution in [-0.2, 0) is 5.41 Å². The summed E-state index contributed by atoms with van der Waals surface area (Å²) in [5.41, 5.74) is 16.1. The molecule has 0 heterocycles. The summed E-state index contributed by atoms with van der Waals surface area (Å²) in [6, 6.07) is 78.7. The van der Waals surface area contributed by atoms with Crippen LogP contribution in [-0.4, -0.2) is 6.04 Å². The van der Waals surface area contributed by atoms with Crippen LogP contribution in [0.3, 0.4) is 0 Å². The zero-order chi connectivity index (χ0) is 39.9. The van der Waals surface area contributed by atoms with Crippen LogP contribution in [0.1, 0.15) is 50.8 Å². The highest BCUT2D eigenvalue weighted by atomic mass is 15.2. The maximum Gasteiger partial charge on any atom is 0.0635 e. The van der Waals surface area contributed by atoms with Gasteiger partial charge >= 0.3 is 0 Å². The second-order valence-electron chi connectivity index (χ2n) is 16.3. The minimum absolute atomic E-state index is 0.0438. The minimum atomic E-state index is -0.460. The van der Waals surface area contributed by atoms with Gasteiger partial charge in [0.25, 0.3) is 0 Å². The summed E-state index contributed by atoms with van der Waals surface area (Å²) in [6.07, 6.45) is 14.3. The van der Waals surface area contributed by atoms with E-state index in [0.717, 1.165) is 5.69 Å². The number of fused-ring (bicyclic) bond motifs is 4. The molecule has 0 amide bonds. The summed E-state index contributed by atoms with van der Waals surface area (Å²) < 4.78 is 0. The topological polar surface area (TPSA) is 3.24 Å². The van der Waals surface area contributed by atoms with Crippen LogP contribution in [0.25, 0.3) is 28.3 Å². The van der Waals surface area contributed by atoms with Gasteiger partial charge in [0.2, 0.25) is 0 Å². The molecule has 0 bridgehead atoms. The van der Waals surface area contributed by atoms with Gasteiger partial charge in [-0.25, -0.2) is 0 Å². The average Bonchev–Trinajstić information content (AvgIpc) is 3.64. The molecule has 8 aromatic carbocycles. The zero-order valence-electron chi connectivity index (χ0n) is 33.4. The summed E-state index contributed by atoms with van der Waals surface area (Å²) in [5.74, 6) is 0.469. The Hall–Kier alpha value is -7.22. The lowest BCUT2D eigenvalue weighted by Crippen LogP contribution is -2.40. The van der Waals surface area contributed by atoms with Gasteiger partial charge in [0, 0.05) is 29.1 Å². The fourth-order valence-electron chi connectivity index (χ4n) is 10.7. The molecular formula is C59H45N. The van der Waals surface area contributed by atoms with Crippen LogP contribution in [0.5, 0.6) is 0 Å². The third kappa shape index (κ3) is 5.92. The van der Waals surface area contributed by atoms with Gasteiger partial charge < -0.3 is 4.90 Å². The van der Waals surface area contributed by atoms with Crippen molar-refractivity contribution in [3.8, 4) is 22.3 Å². The second-order valence-corrected chi connectivity index (χ2v) is 16.3. The number of hydrogen-bond donors (Lipinski definition) is 0. The molecule has 8 aromatic rings. The van der Waals surface area contributed by atoms with Crippen molar-refractivity contribution in [3.63, 3.8) is 0 Å². The lowest BCUT2D eigenvalue weighted by atomic mass is 9.62. The molecule has 0 fully saturated rings. The Labute approximate surface area is 354 Å². The van der Waals surface area contributed by atoms with Crippen molar-refractivity contribution in [3.05, 3.63) is 282 Å². The van der Waals surface area contributed by atoms with Gasteiger partial charge in [0.1, 0.15) is 0 Å². The molecule has 0 aromatic heterocycles. The quantitative estimate of drug-likeness (QED) is 0.149. The smallest absolute Gasteiger partial charge is 0.0635 e. The molecule has 0 aliphatic heterocycles. The minimum Gasteiger partial charge on any atom is -0.333 e. The molecule has 1 nitrogen and oxygen atoms in total. The standard InChI is InChI=1S/C59H45N/c1-5-20-42(21-6-1)45-25-17-26-46(40-45)47-27-18-32-50(41-47)60(55-39-38-43-22-13-14-33-51(43)57(55)44-23-7-2-8-24-44)56-37-19-35-53-52-34-15-16-36-54(52)59(58(53)56,48-28-9-3-10-29-48)49-30-11-4-12-31-49/h1-41,52,54-55,57H. The SMILES string of the molecule is C1=CC2c3cccc(N(c4cccc(-c5cccc(-c6ccccc6)c5)c4)C4C=Cc5ccccc5C4c4ccccc4)c3C(c3ccccc3)(c3ccccc3)C2C=C1. The van der Waals surface area contributed by atoms with E-state index in [2.05, 4.69) is 254 Å². The summed E-state index contributed by atoms with van der Waals surface area (Å²) >= 11 is 0. The van der Waals surface area contributed by atoms with Crippen molar-refractivity contribution in [2.45, 2.75) is 23.3 Å². The van der Waals surface area contributed by atoms with Crippen LogP contribution >= 0.6 is 0 Å². The van der Waals surface area contributed by atoms with E-state index in [1.165, 1.54) is 66.9 Å². The number of rotatable bonds is 8. The van der Waals surface area contributed by atoms with Gasteiger partial charge in [-0.05, 0) is 85.5 Å². The predicted molar refractivity (Wildman–Crippen MR) is 251 cm³/mol. The van der Waals surface area contributed by atoms with Gasteiger partial charge in [0.15, 0.2) is 0 Å². The Bertz CT molecular complexity index is 2850. The van der Waals surface area contributed by atoms with Crippen molar-refractivity contribution in [2.24, 2.45) is 5.92 Å². The number of allylic oxidation sites excluding steroid dienone is 4. The normalized spacial score (nSPS) is 19.3. The number of anilines is 2. The summed E-state index contributed by atoms with van der Waals surface area (Å²) in [7, 11) is 0. The van der Waals surface area contributed by atoms with Gasteiger partial charge in [-0.2, -0.15) is 0 Å². The summed E-state index contributed by atoms with van der Waals surface area (Å²) in [6.45, 7) is 0. The van der Waals surface area contributed by atoms with Gasteiger partial charge in [-0.3, -0.25) is 0 Å². The maximum atomic E-state index is 2.69. The van der Waals surface area contributed by atoms with E-state index < -0.39 is 5.41 Å². The first-order chi connectivity index (χ1) is 29.8. The summed E-state index contributed by atoms with van der Waals surface area (Å²) in [5, 5.41) is 0. The molecule has 1 heteroatoms. The van der Waals surface area contributed by atoms with Crippen molar-refractivity contribution in [2.75, 3.05) is 4.90 Å². The predicted octanol–water partition coefficient (Wildman–Crippen LogP) is 14.6. The number of hydrogen-bond acceptors (Lipinski definition) is 1. The second kappa shape index (κ2) is 15.2. The van der Waals surface area contributed by atoms with Crippen molar-refractivity contribution < 1.29 is 0 Å². The molecule has 286 valence electrons. The highest BCUT2D eigenvalue weighted by Gasteiger charge is 2.55. The van der Waals surface area contributed by atoms with Crippen LogP contribution in [0, 0.1) is 5.92 Å². The molecular weight excluding hydrogens is 723 g/mol. The fraction of sp³-hybridized carbons (Fsp3) is 0.0847. The highest BCUT2D eigenvalue weighted by Crippen LogP contribution is 2.62. The molecule has 0 spiro atoms. The highest BCUT2D eigenvalue weighted by molar-refractivity contribution is 5.82. The van der Waals surface area contributed by atoms with Crippen LogP contribution in [0.4, 0.5) is 11.4 Å². The molecule has 60 heavy (non-hydrogen) atoms. The van der Waals surface area contributed by atoms with E-state index >= 15 is 0 Å². The van der Waals surface area contributed by atoms with E-state index in [1.54, 1.807) is 0 Å². The monoisotopic (exact) mass is 767 g/mol. The molecule has 11 rings (SSSR count). The largest absolute Gasteiger partial charge is 0.333 e. The zero-order valence-corrected chi connectivity index (χ0v) is 33.4. The van der Waals surface area contributed by atoms with Crippen LogP contribution in [0.15, 0.2) is 243 Å². The first-order valence-corrected chi connectivity index (χ1v) is 21.3. The first kappa shape index (κ1) is 35.9. The summed E-state index contributed by atoms with van der Waals surface area (Å²) in [4.78, 5) is 2.69. The molecule has 0 radical (unpaired) electrons. The lowest BCUT2D eigenvalue weighted by molar-refractivity contribution is 0.456. The maximum absolute atomic E-state index is 2.69. The molecule has 4 unspecified atom stereocenters. The fourth-order valence-corrected chi connectivity index (χ4v) is 10.7. The van der Waals surface area contributed by atoms with Crippen molar-refractivity contribution in [1.29, 1.82) is 0 Å². The molecule has 0 saturated heterocycles. The Balaban J connectivity index is 1.20. The van der Waals surface area contributed by atoms with E-state index in [1.807, 2.05) is 0 Å². The molecule has 4 atom stereocenters. The third-order valence-electron chi connectivity index (χ3n) is 13.2. The van der Waals surface area contributed by atoms with Crippen LogP contribution < -0.4 is 4.90 Å². The number of benzene rings is 8. The molecule has 3 aliphatic carbocycles. The first-order valence-electron chi connectivity index (χ1n) is 21.3. The molecule has 0 N–H and O–H groups in total. The van der Waals surface area contributed by atoms with E-state index in [-0.39, 0.29) is 23.8 Å². The third-order valence-corrected chi connectivity index (χ3v) is 13.2. The Morgan fingerprint density at radius 3 is 1.70 bits per heavy atom. The average molecular weight is 768 g/mol.